The van der Waals surface area contributed by atoms with Crippen LogP contribution in [-0.2, 0) is 0 Å². The van der Waals surface area contributed by atoms with E-state index < -0.39 is 6.10 Å². The lowest BCUT2D eigenvalue weighted by Crippen LogP contribution is -2.18. The van der Waals surface area contributed by atoms with Crippen molar-refractivity contribution in [2.24, 2.45) is 0 Å². The molecule has 0 spiro atoms. The largest absolute Gasteiger partial charge is 0.398 e. The summed E-state index contributed by atoms with van der Waals surface area (Å²) in [7, 11) is 0. The molecule has 0 bridgehead atoms. The van der Waals surface area contributed by atoms with Crippen LogP contribution in [0.2, 0.25) is 5.02 Å². The maximum absolute atomic E-state index is 9.90. The first kappa shape index (κ1) is 13.3. The van der Waals surface area contributed by atoms with E-state index in [1.807, 2.05) is 6.07 Å². The van der Waals surface area contributed by atoms with Crippen LogP contribution < -0.4 is 11.1 Å². The Morgan fingerprint density at radius 1 is 1.44 bits per heavy atom. The molecule has 0 aromatic heterocycles. The Morgan fingerprint density at radius 3 is 2.81 bits per heavy atom. The molecule has 0 heterocycles. The normalized spacial score (nSPS) is 12.7. The van der Waals surface area contributed by atoms with E-state index in [2.05, 4.69) is 12.2 Å². The average Bonchev–Trinajstić information content (AvgIpc) is 2.28. The van der Waals surface area contributed by atoms with Crippen molar-refractivity contribution in [3.63, 3.8) is 0 Å². The highest BCUT2D eigenvalue weighted by atomic mass is 35.5. The molecule has 0 saturated carbocycles. The van der Waals surface area contributed by atoms with Gasteiger partial charge in [0.25, 0.3) is 0 Å². The van der Waals surface area contributed by atoms with Gasteiger partial charge in [-0.3, -0.25) is 0 Å². The van der Waals surface area contributed by atoms with Crippen molar-refractivity contribution in [3.05, 3.63) is 28.8 Å². The van der Waals surface area contributed by atoms with Gasteiger partial charge in [0.1, 0.15) is 0 Å². The first-order chi connectivity index (χ1) is 7.65. The molecular formula is C12H19ClN2O. The SMILES string of the molecule is CCCNCCC(O)c1ccc(Cl)c(N)c1. The summed E-state index contributed by atoms with van der Waals surface area (Å²) in [5.74, 6) is 0. The van der Waals surface area contributed by atoms with Gasteiger partial charge in [0.15, 0.2) is 0 Å². The third-order valence-corrected chi connectivity index (χ3v) is 2.77. The molecule has 4 heteroatoms. The van der Waals surface area contributed by atoms with Gasteiger partial charge in [-0.25, -0.2) is 0 Å². The van der Waals surface area contributed by atoms with Crippen molar-refractivity contribution in [3.8, 4) is 0 Å². The monoisotopic (exact) mass is 242 g/mol. The van der Waals surface area contributed by atoms with E-state index in [1.54, 1.807) is 12.1 Å². The summed E-state index contributed by atoms with van der Waals surface area (Å²) in [5, 5.41) is 13.7. The third-order valence-electron chi connectivity index (χ3n) is 2.43. The lowest BCUT2D eigenvalue weighted by molar-refractivity contribution is 0.167. The number of nitrogens with two attached hydrogens (primary N) is 1. The van der Waals surface area contributed by atoms with Crippen LogP contribution in [0.25, 0.3) is 0 Å². The van der Waals surface area contributed by atoms with Gasteiger partial charge in [0.05, 0.1) is 16.8 Å². The minimum atomic E-state index is -0.482. The molecule has 0 aliphatic carbocycles. The topological polar surface area (TPSA) is 58.3 Å². The summed E-state index contributed by atoms with van der Waals surface area (Å²) in [6.45, 7) is 3.90. The highest BCUT2D eigenvalue weighted by molar-refractivity contribution is 6.33. The number of halogens is 1. The second-order valence-corrected chi connectivity index (χ2v) is 4.24. The van der Waals surface area contributed by atoms with Crippen molar-refractivity contribution in [2.45, 2.75) is 25.9 Å². The molecule has 0 radical (unpaired) electrons. The molecule has 1 rings (SSSR count). The van der Waals surface area contributed by atoms with Gasteiger partial charge in [-0.2, -0.15) is 0 Å². The standard InChI is InChI=1S/C12H19ClN2O/c1-2-6-15-7-5-12(16)9-3-4-10(13)11(14)8-9/h3-4,8,12,15-16H,2,5-7,14H2,1H3. The second kappa shape index (κ2) is 6.74. The molecule has 1 aromatic rings. The summed E-state index contributed by atoms with van der Waals surface area (Å²) in [6.07, 6.45) is 1.30. The Kier molecular flexibility index (Phi) is 5.60. The van der Waals surface area contributed by atoms with E-state index in [9.17, 15) is 5.11 Å². The Bertz CT molecular complexity index is 331. The third kappa shape index (κ3) is 4.00. The van der Waals surface area contributed by atoms with Crippen molar-refractivity contribution in [2.75, 3.05) is 18.8 Å². The summed E-state index contributed by atoms with van der Waals surface area (Å²) in [4.78, 5) is 0. The van der Waals surface area contributed by atoms with Gasteiger partial charge in [-0.05, 0) is 43.6 Å². The van der Waals surface area contributed by atoms with Gasteiger partial charge in [-0.15, -0.1) is 0 Å². The highest BCUT2D eigenvalue weighted by Crippen LogP contribution is 2.24. The van der Waals surface area contributed by atoms with Crippen molar-refractivity contribution >= 4 is 17.3 Å². The molecule has 1 unspecified atom stereocenters. The van der Waals surface area contributed by atoms with Crippen LogP contribution in [-0.4, -0.2) is 18.2 Å². The molecule has 0 amide bonds. The minimum absolute atomic E-state index is 0.482. The molecule has 16 heavy (non-hydrogen) atoms. The number of aliphatic hydroxyl groups excluding tert-OH is 1. The van der Waals surface area contributed by atoms with Crippen LogP contribution in [0, 0.1) is 0 Å². The summed E-state index contributed by atoms with van der Waals surface area (Å²) < 4.78 is 0. The molecular weight excluding hydrogens is 224 g/mol. The first-order valence-electron chi connectivity index (χ1n) is 5.59. The van der Waals surface area contributed by atoms with E-state index in [1.165, 1.54) is 0 Å². The number of nitrogen functional groups attached to an aromatic ring is 1. The number of rotatable bonds is 6. The molecule has 0 saturated heterocycles. The smallest absolute Gasteiger partial charge is 0.0802 e. The fourth-order valence-corrected chi connectivity index (χ4v) is 1.59. The number of hydrogen-bond acceptors (Lipinski definition) is 3. The number of nitrogens with one attached hydrogen (secondary N) is 1. The predicted molar refractivity (Wildman–Crippen MR) is 68.6 cm³/mol. The zero-order valence-corrected chi connectivity index (χ0v) is 10.3. The number of anilines is 1. The van der Waals surface area contributed by atoms with Crippen LogP contribution >= 0.6 is 11.6 Å². The van der Waals surface area contributed by atoms with Crippen LogP contribution in [0.1, 0.15) is 31.4 Å². The molecule has 0 aliphatic heterocycles. The Hall–Kier alpha value is -0.770. The van der Waals surface area contributed by atoms with Crippen LogP contribution in [0.3, 0.4) is 0 Å². The molecule has 0 aliphatic rings. The zero-order chi connectivity index (χ0) is 12.0. The average molecular weight is 243 g/mol. The highest BCUT2D eigenvalue weighted by Gasteiger charge is 2.08. The molecule has 90 valence electrons. The molecule has 1 aromatic carbocycles. The lowest BCUT2D eigenvalue weighted by Gasteiger charge is -2.12. The fourth-order valence-electron chi connectivity index (χ4n) is 1.48. The van der Waals surface area contributed by atoms with E-state index in [-0.39, 0.29) is 0 Å². The second-order valence-electron chi connectivity index (χ2n) is 3.84. The van der Waals surface area contributed by atoms with Gasteiger partial charge in [0, 0.05) is 0 Å². The Balaban J connectivity index is 2.46. The maximum atomic E-state index is 9.90. The van der Waals surface area contributed by atoms with Gasteiger partial charge >= 0.3 is 0 Å². The van der Waals surface area contributed by atoms with E-state index >= 15 is 0 Å². The van der Waals surface area contributed by atoms with E-state index in [4.69, 9.17) is 17.3 Å². The first-order valence-corrected chi connectivity index (χ1v) is 5.96. The summed E-state index contributed by atoms with van der Waals surface area (Å²) >= 11 is 5.81. The van der Waals surface area contributed by atoms with Gasteiger partial charge in [0.2, 0.25) is 0 Å². The Morgan fingerprint density at radius 2 is 2.19 bits per heavy atom. The van der Waals surface area contributed by atoms with E-state index in [0.29, 0.717) is 17.1 Å². The van der Waals surface area contributed by atoms with Crippen molar-refractivity contribution < 1.29 is 5.11 Å². The van der Waals surface area contributed by atoms with E-state index in [0.717, 1.165) is 25.1 Å². The summed E-state index contributed by atoms with van der Waals surface area (Å²) in [5.41, 5.74) is 7.01. The summed E-state index contributed by atoms with van der Waals surface area (Å²) in [6, 6.07) is 5.25. The van der Waals surface area contributed by atoms with Crippen LogP contribution in [0.4, 0.5) is 5.69 Å². The number of benzene rings is 1. The van der Waals surface area contributed by atoms with Gasteiger partial charge in [-0.1, -0.05) is 24.6 Å². The Labute approximate surface area is 102 Å². The number of aliphatic hydroxyl groups is 1. The van der Waals surface area contributed by atoms with Gasteiger partial charge < -0.3 is 16.2 Å². The molecule has 3 nitrogen and oxygen atoms in total. The number of hydrogen-bond donors (Lipinski definition) is 3. The quantitative estimate of drug-likeness (QED) is 0.530. The fraction of sp³-hybridized carbons (Fsp3) is 0.500. The molecule has 1 atom stereocenters. The van der Waals surface area contributed by atoms with Crippen LogP contribution in [0.5, 0.6) is 0 Å². The van der Waals surface area contributed by atoms with Crippen molar-refractivity contribution in [1.82, 2.24) is 5.32 Å². The van der Waals surface area contributed by atoms with Crippen molar-refractivity contribution in [1.29, 1.82) is 0 Å². The zero-order valence-electron chi connectivity index (χ0n) is 9.54. The predicted octanol–water partition coefficient (Wildman–Crippen LogP) is 2.35. The lowest BCUT2D eigenvalue weighted by atomic mass is 10.1. The minimum Gasteiger partial charge on any atom is -0.398 e. The van der Waals surface area contributed by atoms with Crippen LogP contribution in [0.15, 0.2) is 18.2 Å². The molecule has 4 N–H and O–H groups in total. The maximum Gasteiger partial charge on any atom is 0.0802 e. The molecule has 0 fully saturated rings.